The van der Waals surface area contributed by atoms with E-state index in [4.69, 9.17) is 5.40 Å². The summed E-state index contributed by atoms with van der Waals surface area (Å²) < 4.78 is 0. The smallest absolute Gasteiger partial charge is 0.148 e. The zero-order valence-corrected chi connectivity index (χ0v) is 7.70. The fourth-order valence-electron chi connectivity index (χ4n) is 0.681. The highest BCUT2D eigenvalue weighted by Crippen LogP contribution is 1.82. The van der Waals surface area contributed by atoms with Gasteiger partial charge in [-0.2, -0.15) is 0 Å². The summed E-state index contributed by atoms with van der Waals surface area (Å²) in [5.41, 5.74) is -0.167. The molecule has 0 heterocycles. The molecule has 56 valence electrons. The van der Waals surface area contributed by atoms with Crippen molar-refractivity contribution in [3.8, 4) is 0 Å². The van der Waals surface area contributed by atoms with Gasteiger partial charge in [0.25, 0.3) is 0 Å². The second kappa shape index (κ2) is 3.97. The molecule has 0 aliphatic carbocycles. The molecule has 0 bridgehead atoms. The molecule has 5 heteroatoms. The third-order valence-electron chi connectivity index (χ3n) is 1.59. The molecule has 0 aliphatic heterocycles. The van der Waals surface area contributed by atoms with Crippen LogP contribution in [0, 0.1) is 0 Å². The van der Waals surface area contributed by atoms with Crippen LogP contribution in [0.4, 0.5) is 0 Å². The van der Waals surface area contributed by atoms with Crippen LogP contribution in [0.25, 0.3) is 0 Å². The maximum Gasteiger partial charge on any atom is 0.148 e. The van der Waals surface area contributed by atoms with E-state index in [9.17, 15) is 0 Å². The molecule has 0 saturated carbocycles. The maximum absolute atomic E-state index is 5.59. The predicted octanol–water partition coefficient (Wildman–Crippen LogP) is -2.70. The second-order valence-corrected chi connectivity index (χ2v) is 3.33. The molecule has 9 heavy (non-hydrogen) atoms. The second-order valence-electron chi connectivity index (χ2n) is 1.86. The minimum absolute atomic E-state index is 0.167. The Morgan fingerprint density at radius 1 is 1.11 bits per heavy atom. The molecule has 0 amide bonds. The van der Waals surface area contributed by atoms with E-state index in [0.717, 1.165) is 0 Å². The molecule has 0 aromatic rings. The molecular formula is C4H16N4Si. The fourth-order valence-corrected chi connectivity index (χ4v) is 1.29. The van der Waals surface area contributed by atoms with Crippen LogP contribution in [0.5, 0.6) is 0 Å². The Balaban J connectivity index is 3.82. The van der Waals surface area contributed by atoms with Crippen LogP contribution in [0.3, 0.4) is 0 Å². The molecule has 0 aromatic carbocycles. The van der Waals surface area contributed by atoms with Gasteiger partial charge in [-0.05, 0) is 21.1 Å². The van der Waals surface area contributed by atoms with E-state index >= 15 is 0 Å². The van der Waals surface area contributed by atoms with Crippen LogP contribution in [0.2, 0.25) is 0 Å². The van der Waals surface area contributed by atoms with Crippen LogP contribution in [0.1, 0.15) is 0 Å². The Bertz CT molecular complexity index is 55.5. The van der Waals surface area contributed by atoms with Crippen molar-refractivity contribution in [3.63, 3.8) is 0 Å². The first-order chi connectivity index (χ1) is 4.24. The van der Waals surface area contributed by atoms with Crippen molar-refractivity contribution in [3.05, 3.63) is 0 Å². The van der Waals surface area contributed by atoms with Crippen molar-refractivity contribution >= 4 is 9.68 Å². The Kier molecular flexibility index (Phi) is 3.99. The highest BCUT2D eigenvalue weighted by molar-refractivity contribution is 6.35. The number of nitrogens with two attached hydrogens (primary N) is 1. The Morgan fingerprint density at radius 2 is 1.44 bits per heavy atom. The van der Waals surface area contributed by atoms with Gasteiger partial charge in [0, 0.05) is 0 Å². The summed E-state index contributed by atoms with van der Waals surface area (Å²) in [6.45, 7) is 0. The summed E-state index contributed by atoms with van der Waals surface area (Å²) >= 11 is 0. The molecule has 0 radical (unpaired) electrons. The van der Waals surface area contributed by atoms with Crippen molar-refractivity contribution in [1.29, 1.82) is 0 Å². The zero-order chi connectivity index (χ0) is 7.33. The summed E-state index contributed by atoms with van der Waals surface area (Å²) in [4.78, 5) is 0. The minimum Gasteiger partial charge on any atom is -0.352 e. The van der Waals surface area contributed by atoms with Gasteiger partial charge < -0.3 is 5.40 Å². The van der Waals surface area contributed by atoms with Crippen LogP contribution in [0.15, 0.2) is 0 Å². The van der Waals surface area contributed by atoms with E-state index in [2.05, 4.69) is 16.0 Å². The summed E-state index contributed by atoms with van der Waals surface area (Å²) in [6.07, 6.45) is 0. The molecular weight excluding hydrogens is 132 g/mol. The van der Waals surface area contributed by atoms with Gasteiger partial charge >= 0.3 is 0 Å². The highest BCUT2D eigenvalue weighted by atomic mass is 28.2. The van der Waals surface area contributed by atoms with Crippen molar-refractivity contribution in [2.24, 2.45) is 5.40 Å². The molecule has 0 aromatic heterocycles. The molecule has 4 nitrogen and oxygen atoms in total. The third kappa shape index (κ3) is 2.03. The molecule has 0 fully saturated rings. The first kappa shape index (κ1) is 9.06. The van der Waals surface area contributed by atoms with Gasteiger partial charge in [0.05, 0.1) is 0 Å². The molecule has 5 N–H and O–H groups in total. The average molecular weight is 148 g/mol. The molecule has 0 unspecified atom stereocenters. The Morgan fingerprint density at radius 3 is 1.44 bits per heavy atom. The average Bonchev–Trinajstić information content (AvgIpc) is 1.95. The maximum atomic E-state index is 5.59. The predicted molar refractivity (Wildman–Crippen MR) is 42.6 cm³/mol. The van der Waals surface area contributed by atoms with E-state index in [-0.39, 0.29) is 5.41 Å². The first-order valence-corrected chi connectivity index (χ1v) is 4.54. The summed E-state index contributed by atoms with van der Waals surface area (Å²) in [5, 5.41) is 14.8. The van der Waals surface area contributed by atoms with Crippen LogP contribution in [-0.2, 0) is 0 Å². The monoisotopic (exact) mass is 148 g/mol. The lowest BCUT2D eigenvalue weighted by Crippen LogP contribution is -2.69. The van der Waals surface area contributed by atoms with Gasteiger partial charge in [-0.15, -0.1) is 0 Å². The van der Waals surface area contributed by atoms with Gasteiger partial charge in [-0.1, -0.05) is 0 Å². The normalized spacial score (nSPS) is 13.3. The Labute approximate surface area is 58.5 Å². The third-order valence-corrected chi connectivity index (χ3v) is 3.26. The standard InChI is InChI=1S/C4H16N4Si/c1-6-4(7-2,8-3)9-5/h6-8H,5,9H2,1-3H3. The number of hydrogen-bond acceptors (Lipinski definition) is 4. The molecule has 0 saturated heterocycles. The van der Waals surface area contributed by atoms with Crippen molar-refractivity contribution in [2.75, 3.05) is 21.1 Å². The van der Waals surface area contributed by atoms with E-state index in [0.29, 0.717) is 0 Å². The summed E-state index contributed by atoms with van der Waals surface area (Å²) in [6, 6.07) is 0. The van der Waals surface area contributed by atoms with Crippen molar-refractivity contribution in [1.82, 2.24) is 16.0 Å². The topological polar surface area (TPSA) is 62.1 Å². The van der Waals surface area contributed by atoms with Gasteiger partial charge in [-0.25, -0.2) is 0 Å². The van der Waals surface area contributed by atoms with Gasteiger partial charge in [-0.3, -0.25) is 16.0 Å². The molecule has 0 spiro atoms. The van der Waals surface area contributed by atoms with E-state index in [1.54, 1.807) is 0 Å². The number of rotatable bonds is 4. The summed E-state index contributed by atoms with van der Waals surface area (Å²) in [7, 11) is 5.03. The van der Waals surface area contributed by atoms with Gasteiger partial charge in [0.2, 0.25) is 0 Å². The van der Waals surface area contributed by atoms with E-state index < -0.39 is 9.68 Å². The fraction of sp³-hybridized carbons (Fsp3) is 1.00. The summed E-state index contributed by atoms with van der Waals surface area (Å²) in [5.74, 6) is 0. The van der Waals surface area contributed by atoms with Crippen molar-refractivity contribution in [2.45, 2.75) is 5.41 Å². The minimum atomic E-state index is -0.612. The van der Waals surface area contributed by atoms with E-state index in [1.807, 2.05) is 21.1 Å². The lowest BCUT2D eigenvalue weighted by Gasteiger charge is -2.30. The molecule has 0 aliphatic rings. The zero-order valence-electron chi connectivity index (χ0n) is 6.28. The quantitative estimate of drug-likeness (QED) is 0.259. The lowest BCUT2D eigenvalue weighted by molar-refractivity contribution is 0.366. The SMILES string of the molecule is CNC(NC)(NC)[SiH2]N. The highest BCUT2D eigenvalue weighted by Gasteiger charge is 2.20. The van der Waals surface area contributed by atoms with Crippen LogP contribution < -0.4 is 21.3 Å². The lowest BCUT2D eigenvalue weighted by atomic mass is 10.7. The number of nitrogens with one attached hydrogen (secondary N) is 3. The number of hydrogen-bond donors (Lipinski definition) is 4. The van der Waals surface area contributed by atoms with Crippen molar-refractivity contribution < 1.29 is 0 Å². The largest absolute Gasteiger partial charge is 0.352 e. The Hall–Kier alpha value is 0.0569. The van der Waals surface area contributed by atoms with Gasteiger partial charge in [0.15, 0.2) is 0 Å². The van der Waals surface area contributed by atoms with E-state index in [1.165, 1.54) is 0 Å². The van der Waals surface area contributed by atoms with Gasteiger partial charge in [0.1, 0.15) is 15.1 Å². The van der Waals surface area contributed by atoms with Crippen LogP contribution >= 0.6 is 0 Å². The van der Waals surface area contributed by atoms with Crippen LogP contribution in [-0.4, -0.2) is 36.2 Å². The molecule has 0 atom stereocenters. The molecule has 0 rings (SSSR count). The first-order valence-electron chi connectivity index (χ1n) is 3.01.